The summed E-state index contributed by atoms with van der Waals surface area (Å²) in [5.74, 6) is -0.895. The van der Waals surface area contributed by atoms with Gasteiger partial charge >= 0.3 is 5.97 Å². The number of hydrogen-bond acceptors (Lipinski definition) is 4. The minimum Gasteiger partial charge on any atom is -0.464 e. The fourth-order valence-corrected chi connectivity index (χ4v) is 1.75. The molecule has 106 valence electrons. The van der Waals surface area contributed by atoms with E-state index in [0.29, 0.717) is 12.1 Å². The Labute approximate surface area is 121 Å². The molecule has 0 fully saturated rings. The monoisotopic (exact) mass is 283 g/mol. The molecule has 2 N–H and O–H groups in total. The van der Waals surface area contributed by atoms with Crippen LogP contribution in [-0.2, 0) is 11.2 Å². The Kier molecular flexibility index (Phi) is 4.36. The molecule has 2 aromatic rings. The van der Waals surface area contributed by atoms with E-state index in [-0.39, 0.29) is 17.3 Å². The zero-order valence-electron chi connectivity index (χ0n) is 11.3. The van der Waals surface area contributed by atoms with Crippen molar-refractivity contribution in [2.45, 2.75) is 6.42 Å². The number of rotatable bonds is 4. The number of nitrogens with one attached hydrogen (secondary N) is 2. The van der Waals surface area contributed by atoms with Gasteiger partial charge in [-0.3, -0.25) is 4.79 Å². The second-order valence-electron chi connectivity index (χ2n) is 4.26. The van der Waals surface area contributed by atoms with Gasteiger partial charge in [0.1, 0.15) is 11.4 Å². The highest BCUT2D eigenvalue weighted by atomic mass is 16.5. The minimum atomic E-state index is -0.532. The normalized spacial score (nSPS) is 9.71. The maximum atomic E-state index is 12.0. The fourth-order valence-electron chi connectivity index (χ4n) is 1.75. The van der Waals surface area contributed by atoms with Gasteiger partial charge in [-0.2, -0.15) is 5.26 Å². The van der Waals surface area contributed by atoms with E-state index < -0.39 is 5.97 Å². The molecule has 0 atom stereocenters. The quantitative estimate of drug-likeness (QED) is 0.840. The summed E-state index contributed by atoms with van der Waals surface area (Å²) in [7, 11) is 1.27. The Morgan fingerprint density at radius 3 is 2.48 bits per heavy atom. The van der Waals surface area contributed by atoms with Crippen LogP contribution < -0.4 is 5.32 Å². The SMILES string of the molecule is COC(=O)c1ccc(C(=O)Nc2ccc(CC#N)cc2)[nH]1. The van der Waals surface area contributed by atoms with E-state index in [2.05, 4.69) is 21.1 Å². The van der Waals surface area contributed by atoms with Gasteiger partial charge in [-0.15, -0.1) is 0 Å². The molecule has 1 aromatic heterocycles. The van der Waals surface area contributed by atoms with E-state index in [1.165, 1.54) is 19.2 Å². The van der Waals surface area contributed by atoms with Crippen LogP contribution in [-0.4, -0.2) is 24.0 Å². The Hall–Kier alpha value is -3.07. The van der Waals surface area contributed by atoms with Crippen molar-refractivity contribution in [3.8, 4) is 6.07 Å². The predicted octanol–water partition coefficient (Wildman–Crippen LogP) is 2.12. The fraction of sp³-hybridized carbons (Fsp3) is 0.133. The number of aromatic nitrogens is 1. The molecule has 0 unspecified atom stereocenters. The number of amides is 1. The van der Waals surface area contributed by atoms with Crippen LogP contribution in [0.4, 0.5) is 5.69 Å². The lowest BCUT2D eigenvalue weighted by atomic mass is 10.1. The standard InChI is InChI=1S/C15H13N3O3/c1-21-15(20)13-7-6-12(18-13)14(19)17-11-4-2-10(3-5-11)8-9-16/h2-7,18H,8H2,1H3,(H,17,19). The molecule has 0 aliphatic carbocycles. The first-order chi connectivity index (χ1) is 10.1. The molecule has 1 aromatic carbocycles. The Bertz CT molecular complexity index is 696. The highest BCUT2D eigenvalue weighted by Gasteiger charge is 2.13. The molecule has 0 saturated carbocycles. The van der Waals surface area contributed by atoms with Crippen molar-refractivity contribution in [2.24, 2.45) is 0 Å². The van der Waals surface area contributed by atoms with Crippen molar-refractivity contribution in [2.75, 3.05) is 12.4 Å². The van der Waals surface area contributed by atoms with Crippen LogP contribution in [0.3, 0.4) is 0 Å². The second-order valence-corrected chi connectivity index (χ2v) is 4.26. The summed E-state index contributed by atoms with van der Waals surface area (Å²) in [6.45, 7) is 0. The van der Waals surface area contributed by atoms with Crippen molar-refractivity contribution >= 4 is 17.6 Å². The zero-order valence-corrected chi connectivity index (χ0v) is 11.3. The lowest BCUT2D eigenvalue weighted by Crippen LogP contribution is -2.13. The molecule has 0 aliphatic rings. The van der Waals surface area contributed by atoms with Gasteiger partial charge in [0.05, 0.1) is 19.6 Å². The zero-order chi connectivity index (χ0) is 15.2. The van der Waals surface area contributed by atoms with Gasteiger partial charge in [0.2, 0.25) is 0 Å². The number of nitriles is 1. The van der Waals surface area contributed by atoms with Crippen molar-refractivity contribution in [1.29, 1.82) is 5.26 Å². The van der Waals surface area contributed by atoms with Gasteiger partial charge in [-0.1, -0.05) is 12.1 Å². The molecule has 0 spiro atoms. The number of H-pyrrole nitrogens is 1. The van der Waals surface area contributed by atoms with Crippen LogP contribution >= 0.6 is 0 Å². The third-order valence-electron chi connectivity index (χ3n) is 2.83. The number of methoxy groups -OCH3 is 1. The predicted molar refractivity (Wildman–Crippen MR) is 75.8 cm³/mol. The maximum Gasteiger partial charge on any atom is 0.354 e. The third-order valence-corrected chi connectivity index (χ3v) is 2.83. The van der Waals surface area contributed by atoms with Crippen molar-refractivity contribution in [3.63, 3.8) is 0 Å². The van der Waals surface area contributed by atoms with Gasteiger partial charge in [0.25, 0.3) is 5.91 Å². The number of hydrogen-bond donors (Lipinski definition) is 2. The summed E-state index contributed by atoms with van der Waals surface area (Å²) < 4.78 is 4.56. The van der Waals surface area contributed by atoms with E-state index >= 15 is 0 Å². The minimum absolute atomic E-state index is 0.215. The van der Waals surface area contributed by atoms with Gasteiger partial charge in [-0.25, -0.2) is 4.79 Å². The van der Waals surface area contributed by atoms with Gasteiger partial charge in [-0.05, 0) is 29.8 Å². The van der Waals surface area contributed by atoms with Crippen LogP contribution in [0.25, 0.3) is 0 Å². The van der Waals surface area contributed by atoms with Gasteiger partial charge < -0.3 is 15.0 Å². The summed E-state index contributed by atoms with van der Waals surface area (Å²) in [5, 5.41) is 11.3. The van der Waals surface area contributed by atoms with Gasteiger partial charge in [0, 0.05) is 5.69 Å². The molecule has 0 radical (unpaired) electrons. The first-order valence-electron chi connectivity index (χ1n) is 6.18. The Morgan fingerprint density at radius 1 is 1.19 bits per heavy atom. The molecule has 2 rings (SSSR count). The average molecular weight is 283 g/mol. The maximum absolute atomic E-state index is 12.0. The number of nitrogens with zero attached hydrogens (tertiary/aromatic N) is 1. The van der Waals surface area contributed by atoms with E-state index in [0.717, 1.165) is 5.56 Å². The summed E-state index contributed by atoms with van der Waals surface area (Å²) in [6.07, 6.45) is 0.327. The summed E-state index contributed by atoms with van der Waals surface area (Å²) in [5.41, 5.74) is 1.96. The number of carbonyl (C=O) groups is 2. The van der Waals surface area contributed by atoms with Crippen molar-refractivity contribution in [3.05, 3.63) is 53.3 Å². The number of aromatic amines is 1. The molecule has 1 heterocycles. The van der Waals surface area contributed by atoms with Gasteiger partial charge in [0.15, 0.2) is 0 Å². The lowest BCUT2D eigenvalue weighted by Gasteiger charge is -2.04. The molecular weight excluding hydrogens is 270 g/mol. The topological polar surface area (TPSA) is 95.0 Å². The van der Waals surface area contributed by atoms with Crippen LogP contribution in [0.5, 0.6) is 0 Å². The molecule has 0 bridgehead atoms. The first-order valence-corrected chi connectivity index (χ1v) is 6.18. The van der Waals surface area contributed by atoms with E-state index in [4.69, 9.17) is 5.26 Å². The summed E-state index contributed by atoms with van der Waals surface area (Å²) in [6, 6.07) is 12.0. The third kappa shape index (κ3) is 3.48. The molecule has 1 amide bonds. The number of ether oxygens (including phenoxy) is 1. The van der Waals surface area contributed by atoms with Crippen molar-refractivity contribution in [1.82, 2.24) is 4.98 Å². The molecule has 21 heavy (non-hydrogen) atoms. The largest absolute Gasteiger partial charge is 0.464 e. The second kappa shape index (κ2) is 6.39. The van der Waals surface area contributed by atoms with E-state index in [1.807, 2.05) is 0 Å². The van der Waals surface area contributed by atoms with E-state index in [1.54, 1.807) is 24.3 Å². The smallest absolute Gasteiger partial charge is 0.354 e. The first kappa shape index (κ1) is 14.3. The molecule has 6 heteroatoms. The van der Waals surface area contributed by atoms with Crippen LogP contribution in [0.15, 0.2) is 36.4 Å². The number of benzene rings is 1. The number of esters is 1. The lowest BCUT2D eigenvalue weighted by molar-refractivity contribution is 0.0595. The molecular formula is C15H13N3O3. The number of carbonyl (C=O) groups excluding carboxylic acids is 2. The highest BCUT2D eigenvalue weighted by Crippen LogP contribution is 2.12. The van der Waals surface area contributed by atoms with Crippen LogP contribution in [0, 0.1) is 11.3 Å². The summed E-state index contributed by atoms with van der Waals surface area (Å²) in [4.78, 5) is 26.0. The Morgan fingerprint density at radius 2 is 1.86 bits per heavy atom. The van der Waals surface area contributed by atoms with E-state index in [9.17, 15) is 9.59 Å². The molecule has 0 saturated heterocycles. The molecule has 6 nitrogen and oxygen atoms in total. The molecule has 0 aliphatic heterocycles. The average Bonchev–Trinajstić information content (AvgIpc) is 2.99. The van der Waals surface area contributed by atoms with Crippen LogP contribution in [0.1, 0.15) is 26.5 Å². The Balaban J connectivity index is 2.05. The highest BCUT2D eigenvalue weighted by molar-refractivity contribution is 6.04. The van der Waals surface area contributed by atoms with Crippen LogP contribution in [0.2, 0.25) is 0 Å². The number of anilines is 1. The van der Waals surface area contributed by atoms with Crippen molar-refractivity contribution < 1.29 is 14.3 Å². The summed E-state index contributed by atoms with van der Waals surface area (Å²) >= 11 is 0.